The number of phosphoric acid groups is 6. The fourth-order valence-electron chi connectivity index (χ4n) is 10.3. The lowest BCUT2D eigenvalue weighted by atomic mass is 10.1. The number of aliphatic hydroxyl groups is 7. The van der Waals surface area contributed by atoms with Crippen molar-refractivity contribution < 1.29 is 158 Å². The average Bonchev–Trinajstić information content (AvgIpc) is 1.63. The van der Waals surface area contributed by atoms with Crippen LogP contribution in [0.1, 0.15) is 74.3 Å². The van der Waals surface area contributed by atoms with E-state index in [9.17, 15) is 122 Å². The first-order valence-corrected chi connectivity index (χ1v) is 39.1. The van der Waals surface area contributed by atoms with Crippen LogP contribution in [-0.2, 0) is 67.9 Å². The monoisotopic (exact) mass is 1660 g/mol. The summed E-state index contributed by atoms with van der Waals surface area (Å²) in [5.74, 6) is 0.187. The molecule has 0 aliphatic carbocycles. The first-order valence-electron chi connectivity index (χ1n) is 30.1. The molecule has 3 fully saturated rings. The predicted octanol–water partition coefficient (Wildman–Crippen LogP) is 0.510. The predicted molar refractivity (Wildman–Crippen MR) is 355 cm³/mol. The zero-order valence-electron chi connectivity index (χ0n) is 54.9. The largest absolute Gasteiger partial charge is 0.490 e. The van der Waals surface area contributed by atoms with Gasteiger partial charge < -0.3 is 105 Å². The quantitative estimate of drug-likeness (QED) is 0.0166. The Kier molecular flexibility index (Phi) is 29.2. The molecule has 7 unspecified atom stereocenters. The van der Waals surface area contributed by atoms with Crippen molar-refractivity contribution in [1.82, 2.24) is 28.7 Å². The first-order chi connectivity index (χ1) is 50.1. The molecule has 3 aliphatic heterocycles. The second kappa shape index (κ2) is 36.0. The fraction of sp³-hybridized carbons (Fsp3) is 0.412. The zero-order valence-corrected chi connectivity index (χ0v) is 60.3. The Labute approximate surface area is 602 Å². The molecular formula is C51H66N12O39P6. The number of nitro groups is 3. The lowest BCUT2D eigenvalue weighted by Gasteiger charge is -2.19. The van der Waals surface area contributed by atoms with Crippen molar-refractivity contribution in [3.63, 3.8) is 0 Å². The van der Waals surface area contributed by atoms with Crippen molar-refractivity contribution in [2.45, 2.75) is 113 Å². The number of para-hydroxylation sites is 3. The van der Waals surface area contributed by atoms with Crippen molar-refractivity contribution in [1.29, 1.82) is 0 Å². The minimum Gasteiger partial charge on any atom is -0.394 e. The maximum absolute atomic E-state index is 12.6. The number of nitro benzene ring substituents is 3. The maximum Gasteiger partial charge on any atom is 0.490 e. The van der Waals surface area contributed by atoms with E-state index in [0.29, 0.717) is 16.7 Å². The van der Waals surface area contributed by atoms with Gasteiger partial charge in [-0.15, -0.1) is 0 Å². The second-order valence-electron chi connectivity index (χ2n) is 22.6. The minimum atomic E-state index is -5.78. The summed E-state index contributed by atoms with van der Waals surface area (Å²) in [7, 11) is -33.9. The second-order valence-corrected chi connectivity index (χ2v) is 31.5. The molecule has 0 saturated carbocycles. The number of hydrogen-bond donors (Lipinski definition) is 18. The highest BCUT2D eigenvalue weighted by Crippen LogP contribution is 2.67. The molecule has 19 atom stereocenters. The van der Waals surface area contributed by atoms with Gasteiger partial charge in [0.25, 0.3) is 17.1 Å². The Morgan fingerprint density at radius 1 is 0.426 bits per heavy atom. The molecule has 0 bridgehead atoms. The number of nitrogens with zero attached hydrogens (tertiary/aromatic N) is 9. The Morgan fingerprint density at radius 3 is 0.926 bits per heavy atom. The van der Waals surface area contributed by atoms with Gasteiger partial charge in [-0.25, -0.2) is 41.8 Å². The van der Waals surface area contributed by atoms with Crippen molar-refractivity contribution in [2.75, 3.05) is 35.8 Å². The molecule has 594 valence electrons. The van der Waals surface area contributed by atoms with E-state index in [-0.39, 0.29) is 34.5 Å². The number of anilines is 3. The fourth-order valence-corrected chi connectivity index (χ4v) is 16.3. The minimum absolute atomic E-state index is 0.00384. The van der Waals surface area contributed by atoms with Gasteiger partial charge >= 0.3 is 64.0 Å². The Bertz CT molecular complexity index is 4510. The van der Waals surface area contributed by atoms with Crippen LogP contribution in [0.2, 0.25) is 0 Å². The number of rotatable bonds is 30. The van der Waals surface area contributed by atoms with E-state index in [4.69, 9.17) is 38.9 Å². The zero-order chi connectivity index (χ0) is 80.5. The average molecular weight is 1660 g/mol. The molecule has 57 heteroatoms. The van der Waals surface area contributed by atoms with Gasteiger partial charge in [0.2, 0.25) is 0 Å². The highest BCUT2D eigenvalue weighted by molar-refractivity contribution is 7.67. The molecule has 3 aliphatic rings. The topological polar surface area (TPSA) is 759 Å². The van der Waals surface area contributed by atoms with Crippen LogP contribution in [0.25, 0.3) is 0 Å². The maximum atomic E-state index is 12.6. The summed E-state index contributed by atoms with van der Waals surface area (Å²) in [5, 5.41) is 112. The Hall–Kier alpha value is -7.68. The van der Waals surface area contributed by atoms with E-state index < -0.39 is 190 Å². The summed E-state index contributed by atoms with van der Waals surface area (Å²) >= 11 is 0. The van der Waals surface area contributed by atoms with Crippen LogP contribution in [0.5, 0.6) is 0 Å². The summed E-state index contributed by atoms with van der Waals surface area (Å²) in [4.78, 5) is 153. The molecule has 51 nitrogen and oxygen atoms in total. The summed E-state index contributed by atoms with van der Waals surface area (Å²) in [6.45, 7) is 2.22. The van der Waals surface area contributed by atoms with Crippen LogP contribution < -0.4 is 33.0 Å². The smallest absolute Gasteiger partial charge is 0.394 e. The third kappa shape index (κ3) is 23.7. The summed E-state index contributed by atoms with van der Waals surface area (Å²) < 4.78 is 109. The van der Waals surface area contributed by atoms with Gasteiger partial charge in [0.15, 0.2) is 18.7 Å². The molecule has 0 radical (unpaired) electrons. The number of benzene rings is 3. The van der Waals surface area contributed by atoms with Crippen LogP contribution in [0.15, 0.2) is 124 Å². The summed E-state index contributed by atoms with van der Waals surface area (Å²) in [6, 6.07) is 20.2. The molecule has 6 heterocycles. The molecule has 6 aromatic rings. The molecule has 3 aromatic heterocycles. The van der Waals surface area contributed by atoms with E-state index in [1.165, 1.54) is 66.9 Å². The lowest BCUT2D eigenvalue weighted by Crippen LogP contribution is -2.36. The van der Waals surface area contributed by atoms with E-state index in [0.717, 1.165) is 26.1 Å². The number of ether oxygens (including phenoxy) is 3. The SMILES string of the molecule is C[C@@H](Nc1ccn([C@@H]2O[C@H](CO)[C@H](O)C2O)c(=O)n1)c1ccccc1[N+](=O)[O-].C[C@@H](Nc1ccn([C@@H]2O[C@H](COP(=O)(O)OP(=O)(O)OP(=O)(O)O)[C@H](O)C2O)c(=O)n1)c1ccccc1[N+](=O)[O-].C[C@H](Nc1ccn([C@@H]2O[C@H](COP(=O)(O)OP(=O)(O)OP(=O)(O)O)[C@H](O)C2O)c(=O)n1)c1ccccc1[N+](=O)[O-]. The number of nitrogens with one attached hydrogen (secondary N) is 3. The van der Waals surface area contributed by atoms with Gasteiger partial charge in [-0.2, -0.15) is 32.2 Å². The molecule has 0 amide bonds. The molecule has 0 spiro atoms. The highest BCUT2D eigenvalue weighted by Gasteiger charge is 2.50. The van der Waals surface area contributed by atoms with Gasteiger partial charge in [0.05, 0.1) is 69.4 Å². The summed E-state index contributed by atoms with van der Waals surface area (Å²) in [5.41, 5.74) is -2.05. The highest BCUT2D eigenvalue weighted by atomic mass is 31.3. The van der Waals surface area contributed by atoms with Crippen LogP contribution >= 0.6 is 46.9 Å². The van der Waals surface area contributed by atoms with Gasteiger partial charge in [-0.05, 0) is 39.0 Å². The van der Waals surface area contributed by atoms with E-state index in [2.05, 4.69) is 57.2 Å². The van der Waals surface area contributed by atoms with Crippen LogP contribution in [-0.4, -0.2) is 193 Å². The number of aromatic nitrogens is 6. The van der Waals surface area contributed by atoms with Gasteiger partial charge in [0.1, 0.15) is 72.4 Å². The first kappa shape index (κ1) is 87.5. The van der Waals surface area contributed by atoms with Gasteiger partial charge in [-0.3, -0.25) is 53.1 Å². The third-order valence-electron chi connectivity index (χ3n) is 15.0. The molecule has 18 N–H and O–H groups in total. The van der Waals surface area contributed by atoms with Crippen LogP contribution in [0.4, 0.5) is 34.5 Å². The van der Waals surface area contributed by atoms with Crippen LogP contribution in [0.3, 0.4) is 0 Å². The number of aliphatic hydroxyl groups excluding tert-OH is 7. The number of phosphoric ester groups is 2. The molecule has 3 aromatic carbocycles. The molecular weight excluding hydrogens is 1590 g/mol. The van der Waals surface area contributed by atoms with E-state index in [1.807, 2.05) is 0 Å². The summed E-state index contributed by atoms with van der Waals surface area (Å²) in [6.07, 6.45) is -15.1. The Morgan fingerprint density at radius 2 is 0.685 bits per heavy atom. The van der Waals surface area contributed by atoms with Gasteiger partial charge in [-0.1, -0.05) is 54.6 Å². The third-order valence-corrected chi connectivity index (χ3v) is 22.6. The van der Waals surface area contributed by atoms with E-state index >= 15 is 0 Å². The molecule has 9 rings (SSSR count). The van der Waals surface area contributed by atoms with Crippen molar-refractivity contribution >= 4 is 81.5 Å². The standard InChI is InChI=1S/2C17H23N4O16P3.C17H20N4O7/c2*1-9(10-4-2-3-5-11(10)21(25)26)18-13-6-7-20(17(24)19-13)16-15(23)14(22)12(35-16)8-34-39(30,31)37-40(32,33)36-38(27,28)29;1-9(10-4-2-3-5-11(10)21(26)27)18-13-6-7-20(17(25)19-13)16-15(24)14(23)12(8-22)28-16/h2*2-7,9,12,14-16,22-23H,8H2,1H3,(H,30,31)(H,32,33)(H,18,19,24)(H2,27,28,29);2-7,9,12,14-16,22-24H,8H2,1H3,(H,18,19,25)/t9-,12+,14-,15?,16+;2*9-,12-,14+,15?,16-/m011/s1. The van der Waals surface area contributed by atoms with Crippen molar-refractivity contribution in [3.05, 3.63) is 188 Å². The molecule has 108 heavy (non-hydrogen) atoms. The number of hydrogen-bond acceptors (Lipinski definition) is 37. The Balaban J connectivity index is 0.000000229. The van der Waals surface area contributed by atoms with Crippen LogP contribution in [0, 0.1) is 30.3 Å². The van der Waals surface area contributed by atoms with E-state index in [1.54, 1.807) is 51.1 Å². The van der Waals surface area contributed by atoms with Gasteiger partial charge in [0, 0.05) is 36.8 Å². The molecule has 3 saturated heterocycles. The van der Waals surface area contributed by atoms with Crippen molar-refractivity contribution in [3.8, 4) is 0 Å². The lowest BCUT2D eigenvalue weighted by molar-refractivity contribution is -0.385. The normalized spacial score (nSPS) is 25.2. The van der Waals surface area contributed by atoms with Crippen molar-refractivity contribution in [2.24, 2.45) is 0 Å².